The molecule has 3 aliphatic heterocycles. The zero-order valence-corrected chi connectivity index (χ0v) is 19.2. The van der Waals surface area contributed by atoms with E-state index in [1.807, 2.05) is 9.80 Å². The summed E-state index contributed by atoms with van der Waals surface area (Å²) in [5.74, 6) is 1.37. The number of carbonyl (C=O) groups excluding carboxylic acids is 1. The maximum absolute atomic E-state index is 11.5. The highest BCUT2D eigenvalue weighted by Crippen LogP contribution is 2.26. The zero-order chi connectivity index (χ0) is 22.1. The molecule has 12 nitrogen and oxygen atoms in total. The average molecular weight is 470 g/mol. The molecule has 3 aliphatic rings. The van der Waals surface area contributed by atoms with Crippen LogP contribution in [0.25, 0.3) is 0 Å². The van der Waals surface area contributed by atoms with E-state index in [1.165, 1.54) is 0 Å². The van der Waals surface area contributed by atoms with E-state index in [-0.39, 0.29) is 48.4 Å². The van der Waals surface area contributed by atoms with Gasteiger partial charge in [0.05, 0.1) is 0 Å². The molecule has 13 heteroatoms. The first-order valence-corrected chi connectivity index (χ1v) is 11.1. The fourth-order valence-electron chi connectivity index (χ4n) is 4.82. The van der Waals surface area contributed by atoms with Crippen molar-refractivity contribution in [3.63, 3.8) is 0 Å². The lowest BCUT2D eigenvalue weighted by Crippen LogP contribution is -2.54. The Morgan fingerprint density at radius 3 is 1.38 bits per heavy atom. The van der Waals surface area contributed by atoms with Crippen molar-refractivity contribution in [3.8, 4) is 0 Å². The summed E-state index contributed by atoms with van der Waals surface area (Å²) in [5, 5.41) is 0. The van der Waals surface area contributed by atoms with Crippen molar-refractivity contribution in [1.82, 2.24) is 15.0 Å². The molecule has 4 heterocycles. The minimum Gasteiger partial charge on any atom is -0.369 e. The molecule has 0 aromatic carbocycles. The van der Waals surface area contributed by atoms with Crippen LogP contribution in [0.15, 0.2) is 0 Å². The maximum atomic E-state index is 11.5. The molecule has 4 atom stereocenters. The van der Waals surface area contributed by atoms with E-state index in [4.69, 9.17) is 43.6 Å². The van der Waals surface area contributed by atoms with Crippen LogP contribution >= 0.6 is 12.4 Å². The van der Waals surface area contributed by atoms with Crippen LogP contribution in [0.2, 0.25) is 0 Å². The number of nitrogens with zero attached hydrogens (tertiary/aromatic N) is 6. The van der Waals surface area contributed by atoms with Crippen LogP contribution in [-0.4, -0.2) is 84.3 Å². The van der Waals surface area contributed by atoms with Gasteiger partial charge in [0.25, 0.3) is 0 Å². The van der Waals surface area contributed by atoms with Gasteiger partial charge in [-0.2, -0.15) is 15.0 Å². The summed E-state index contributed by atoms with van der Waals surface area (Å²) in [6, 6.07) is -0.128. The largest absolute Gasteiger partial charge is 0.369 e. The number of hydrogen-bond donors (Lipinski definition) is 5. The molecular formula is C19H36ClN11O. The number of carbonyl (C=O) groups is 1. The number of anilines is 3. The Hall–Kier alpha value is -1.99. The van der Waals surface area contributed by atoms with Crippen molar-refractivity contribution in [2.45, 2.75) is 49.9 Å². The molecular weight excluding hydrogens is 434 g/mol. The molecule has 0 bridgehead atoms. The van der Waals surface area contributed by atoms with Gasteiger partial charge < -0.3 is 43.4 Å². The highest BCUT2D eigenvalue weighted by Gasteiger charge is 2.31. The lowest BCUT2D eigenvalue weighted by Gasteiger charge is -2.38. The van der Waals surface area contributed by atoms with Crippen LogP contribution in [0.3, 0.4) is 0 Å². The smallest absolute Gasteiger partial charge is 0.232 e. The Labute approximate surface area is 194 Å². The SMILES string of the molecule is Cl.NC(=O)C1CCN(c2nc(N3C[C@H](N)C[C@H](N)C3)nc(N3C[C@H](N)C[C@H](N)C3)n2)CC1. The summed E-state index contributed by atoms with van der Waals surface area (Å²) >= 11 is 0. The Kier molecular flexibility index (Phi) is 7.93. The molecule has 0 saturated carbocycles. The van der Waals surface area contributed by atoms with E-state index in [0.717, 1.165) is 12.8 Å². The molecule has 10 N–H and O–H groups in total. The lowest BCUT2D eigenvalue weighted by atomic mass is 9.96. The molecule has 0 aliphatic carbocycles. The predicted octanol–water partition coefficient (Wildman–Crippen LogP) is -2.28. The van der Waals surface area contributed by atoms with Crippen LogP contribution < -0.4 is 43.4 Å². The minimum atomic E-state index is -0.246. The van der Waals surface area contributed by atoms with E-state index in [0.29, 0.717) is 70.0 Å². The maximum Gasteiger partial charge on any atom is 0.232 e. The number of amides is 1. The van der Waals surface area contributed by atoms with Crippen LogP contribution in [-0.2, 0) is 4.79 Å². The first-order chi connectivity index (χ1) is 14.8. The van der Waals surface area contributed by atoms with Gasteiger partial charge in [-0.05, 0) is 25.7 Å². The van der Waals surface area contributed by atoms with Gasteiger partial charge in [0.2, 0.25) is 23.8 Å². The Bertz CT molecular complexity index is 726. The summed E-state index contributed by atoms with van der Waals surface area (Å²) in [6.45, 7) is 3.88. The normalized spacial score (nSPS) is 29.6. The topological polar surface area (TPSA) is 196 Å². The van der Waals surface area contributed by atoms with Gasteiger partial charge in [0, 0.05) is 69.4 Å². The van der Waals surface area contributed by atoms with Crippen LogP contribution in [0.5, 0.6) is 0 Å². The van der Waals surface area contributed by atoms with E-state index in [2.05, 4.69) is 4.90 Å². The second-order valence-electron chi connectivity index (χ2n) is 9.22. The number of rotatable bonds is 4. The minimum absolute atomic E-state index is 0. The quantitative estimate of drug-likeness (QED) is 0.318. The van der Waals surface area contributed by atoms with Crippen LogP contribution in [0.1, 0.15) is 25.7 Å². The third-order valence-corrected chi connectivity index (χ3v) is 6.38. The molecule has 180 valence electrons. The molecule has 3 saturated heterocycles. The van der Waals surface area contributed by atoms with E-state index in [9.17, 15) is 4.79 Å². The standard InChI is InChI=1S/C19H35N11O.ClH/c20-12-5-13(21)8-29(7-12)18-25-17(28-3-1-11(2-4-28)16(24)31)26-19(27-18)30-9-14(22)6-15(23)10-30;/h11-15H,1-10,20-23H2,(H2,24,31);1H/t12-,13+,14-,15+;. The summed E-state index contributed by atoms with van der Waals surface area (Å²) in [7, 11) is 0. The van der Waals surface area contributed by atoms with Crippen molar-refractivity contribution in [1.29, 1.82) is 0 Å². The highest BCUT2D eigenvalue weighted by molar-refractivity contribution is 5.85. The number of halogens is 1. The Morgan fingerprint density at radius 1 is 0.688 bits per heavy atom. The van der Waals surface area contributed by atoms with E-state index in [1.54, 1.807) is 0 Å². The fourth-order valence-corrected chi connectivity index (χ4v) is 4.82. The van der Waals surface area contributed by atoms with Crippen molar-refractivity contribution < 1.29 is 4.79 Å². The molecule has 1 amide bonds. The van der Waals surface area contributed by atoms with Gasteiger partial charge in [-0.3, -0.25) is 4.79 Å². The van der Waals surface area contributed by atoms with Gasteiger partial charge in [-0.1, -0.05) is 0 Å². The van der Waals surface area contributed by atoms with Crippen LogP contribution in [0, 0.1) is 5.92 Å². The molecule has 0 radical (unpaired) electrons. The van der Waals surface area contributed by atoms with Crippen molar-refractivity contribution in [3.05, 3.63) is 0 Å². The third kappa shape index (κ3) is 5.67. The first-order valence-electron chi connectivity index (χ1n) is 11.1. The van der Waals surface area contributed by atoms with Gasteiger partial charge in [-0.25, -0.2) is 0 Å². The van der Waals surface area contributed by atoms with E-state index < -0.39 is 0 Å². The monoisotopic (exact) mass is 469 g/mol. The summed E-state index contributed by atoms with van der Waals surface area (Å²) in [5.41, 5.74) is 30.3. The zero-order valence-electron chi connectivity index (χ0n) is 18.3. The van der Waals surface area contributed by atoms with Crippen molar-refractivity contribution >= 4 is 36.2 Å². The molecule has 4 rings (SSSR count). The molecule has 0 unspecified atom stereocenters. The molecule has 32 heavy (non-hydrogen) atoms. The van der Waals surface area contributed by atoms with Gasteiger partial charge in [0.15, 0.2) is 0 Å². The first kappa shape index (κ1) is 24.6. The fraction of sp³-hybridized carbons (Fsp3) is 0.789. The second kappa shape index (κ2) is 10.3. The van der Waals surface area contributed by atoms with E-state index >= 15 is 0 Å². The number of nitrogens with two attached hydrogens (primary N) is 5. The molecule has 0 spiro atoms. The summed E-state index contributed by atoms with van der Waals surface area (Å²) < 4.78 is 0. The van der Waals surface area contributed by atoms with Crippen molar-refractivity contribution in [2.75, 3.05) is 54.0 Å². The summed E-state index contributed by atoms with van der Waals surface area (Å²) in [6.07, 6.45) is 2.92. The van der Waals surface area contributed by atoms with Gasteiger partial charge in [-0.15, -0.1) is 12.4 Å². The van der Waals surface area contributed by atoms with Gasteiger partial charge >= 0.3 is 0 Å². The number of aromatic nitrogens is 3. The Morgan fingerprint density at radius 2 is 1.03 bits per heavy atom. The third-order valence-electron chi connectivity index (χ3n) is 6.38. The highest BCUT2D eigenvalue weighted by atomic mass is 35.5. The average Bonchev–Trinajstić information content (AvgIpc) is 2.72. The number of primary amides is 1. The van der Waals surface area contributed by atoms with Crippen LogP contribution in [0.4, 0.5) is 17.8 Å². The number of piperidine rings is 3. The summed E-state index contributed by atoms with van der Waals surface area (Å²) in [4.78, 5) is 32.0. The molecule has 1 aromatic rings. The van der Waals surface area contributed by atoms with Crippen molar-refractivity contribution in [2.24, 2.45) is 34.6 Å². The molecule has 3 fully saturated rings. The lowest BCUT2D eigenvalue weighted by molar-refractivity contribution is -0.122. The number of hydrogen-bond acceptors (Lipinski definition) is 11. The van der Waals surface area contributed by atoms with Gasteiger partial charge in [0.1, 0.15) is 0 Å². The predicted molar refractivity (Wildman–Crippen MR) is 127 cm³/mol. The Balaban J connectivity index is 0.00000289. The molecule has 1 aromatic heterocycles. The second-order valence-corrected chi connectivity index (χ2v) is 9.22.